The van der Waals surface area contributed by atoms with Crippen LogP contribution < -0.4 is 5.32 Å². The van der Waals surface area contributed by atoms with E-state index in [0.717, 1.165) is 35.2 Å². The lowest BCUT2D eigenvalue weighted by Crippen LogP contribution is -2.33. The van der Waals surface area contributed by atoms with Crippen molar-refractivity contribution < 1.29 is 9.21 Å². The van der Waals surface area contributed by atoms with E-state index < -0.39 is 0 Å². The summed E-state index contributed by atoms with van der Waals surface area (Å²) in [4.78, 5) is 16.0. The van der Waals surface area contributed by atoms with Crippen molar-refractivity contribution in [2.45, 2.75) is 18.8 Å². The Balaban J connectivity index is 1.97. The molecular weight excluding hydrogens is 216 g/mol. The van der Waals surface area contributed by atoms with Crippen molar-refractivity contribution in [3.05, 3.63) is 42.4 Å². The molecule has 1 fully saturated rings. The van der Waals surface area contributed by atoms with E-state index in [1.807, 2.05) is 18.2 Å². The molecule has 86 valence electrons. The van der Waals surface area contributed by atoms with E-state index in [2.05, 4.69) is 16.9 Å². The third-order valence-corrected chi connectivity index (χ3v) is 3.11. The first-order valence-electron chi connectivity index (χ1n) is 5.56. The molecule has 1 amide bonds. The Morgan fingerprint density at radius 3 is 3.18 bits per heavy atom. The highest BCUT2D eigenvalue weighted by Gasteiger charge is 2.25. The van der Waals surface area contributed by atoms with Crippen molar-refractivity contribution in [1.82, 2.24) is 10.3 Å². The van der Waals surface area contributed by atoms with E-state index in [9.17, 15) is 4.79 Å². The number of aromatic nitrogens is 1. The molecule has 1 atom stereocenters. The Bertz CT molecular complexity index is 600. The van der Waals surface area contributed by atoms with Crippen molar-refractivity contribution in [3.8, 4) is 0 Å². The van der Waals surface area contributed by atoms with Crippen LogP contribution in [0.5, 0.6) is 0 Å². The van der Waals surface area contributed by atoms with Crippen LogP contribution in [-0.2, 0) is 4.79 Å². The van der Waals surface area contributed by atoms with E-state index in [1.54, 1.807) is 0 Å². The number of nitrogens with zero attached hydrogens (tertiary/aromatic N) is 1. The normalized spacial score (nSPS) is 20.6. The van der Waals surface area contributed by atoms with Gasteiger partial charge in [-0.3, -0.25) is 4.79 Å². The molecule has 0 spiro atoms. The van der Waals surface area contributed by atoms with Gasteiger partial charge in [-0.1, -0.05) is 12.6 Å². The lowest BCUT2D eigenvalue weighted by molar-refractivity contribution is -0.122. The van der Waals surface area contributed by atoms with Gasteiger partial charge in [0.2, 0.25) is 5.91 Å². The fourth-order valence-corrected chi connectivity index (χ4v) is 2.18. The van der Waals surface area contributed by atoms with Gasteiger partial charge in [0.25, 0.3) is 0 Å². The molecular formula is C13H12N2O2. The maximum absolute atomic E-state index is 11.9. The number of hydrogen-bond donors (Lipinski definition) is 1. The minimum Gasteiger partial charge on any atom is -0.443 e. The molecule has 4 nitrogen and oxygen atoms in total. The fraction of sp³-hybridized carbons (Fsp3) is 0.231. The number of benzene rings is 1. The average Bonchev–Trinajstić information content (AvgIpc) is 2.75. The molecule has 2 heterocycles. The molecule has 0 bridgehead atoms. The fourth-order valence-electron chi connectivity index (χ4n) is 2.18. The van der Waals surface area contributed by atoms with Crippen molar-refractivity contribution in [2.24, 2.45) is 0 Å². The van der Waals surface area contributed by atoms with E-state index in [-0.39, 0.29) is 11.8 Å². The molecule has 1 aromatic carbocycles. The molecule has 1 aliphatic heterocycles. The second kappa shape index (κ2) is 3.73. The summed E-state index contributed by atoms with van der Waals surface area (Å²) in [6.07, 6.45) is 3.04. The van der Waals surface area contributed by atoms with Crippen LogP contribution in [0.15, 0.2) is 41.3 Å². The van der Waals surface area contributed by atoms with Gasteiger partial charge in [0.05, 0.1) is 5.92 Å². The molecule has 0 aliphatic carbocycles. The SMILES string of the molecule is C=C1CCC(c2ccc3ocnc3c2)C(=O)N1. The van der Waals surface area contributed by atoms with Crippen LogP contribution in [0.3, 0.4) is 0 Å². The van der Waals surface area contributed by atoms with Crippen molar-refractivity contribution in [3.63, 3.8) is 0 Å². The summed E-state index contributed by atoms with van der Waals surface area (Å²) < 4.78 is 5.18. The van der Waals surface area contributed by atoms with Gasteiger partial charge in [-0.25, -0.2) is 4.98 Å². The summed E-state index contributed by atoms with van der Waals surface area (Å²) in [6.45, 7) is 3.78. The van der Waals surface area contributed by atoms with Crippen LogP contribution in [-0.4, -0.2) is 10.9 Å². The second-order valence-corrected chi connectivity index (χ2v) is 4.26. The minimum atomic E-state index is -0.110. The smallest absolute Gasteiger partial charge is 0.231 e. The summed E-state index contributed by atoms with van der Waals surface area (Å²) in [6, 6.07) is 5.69. The van der Waals surface area contributed by atoms with E-state index >= 15 is 0 Å². The lowest BCUT2D eigenvalue weighted by atomic mass is 9.90. The van der Waals surface area contributed by atoms with Crippen LogP contribution in [0.25, 0.3) is 11.1 Å². The lowest BCUT2D eigenvalue weighted by Gasteiger charge is -2.23. The standard InChI is InChI=1S/C13H12N2O2/c1-8-2-4-10(13(16)15-8)9-3-5-12-11(6-9)14-7-17-12/h3,5-7,10H,1-2,4H2,(H,15,16). The largest absolute Gasteiger partial charge is 0.443 e. The maximum atomic E-state index is 11.9. The first-order chi connectivity index (χ1) is 8.24. The molecule has 4 heteroatoms. The predicted molar refractivity (Wildman–Crippen MR) is 63.3 cm³/mol. The molecule has 1 N–H and O–H groups in total. The third-order valence-electron chi connectivity index (χ3n) is 3.11. The molecule has 17 heavy (non-hydrogen) atoms. The Morgan fingerprint density at radius 1 is 1.47 bits per heavy atom. The van der Waals surface area contributed by atoms with E-state index in [0.29, 0.717) is 0 Å². The number of oxazole rings is 1. The zero-order chi connectivity index (χ0) is 11.8. The summed E-state index contributed by atoms with van der Waals surface area (Å²) in [5.41, 5.74) is 3.32. The Labute approximate surface area is 98.3 Å². The van der Waals surface area contributed by atoms with Gasteiger partial charge in [-0.05, 0) is 30.5 Å². The highest BCUT2D eigenvalue weighted by Crippen LogP contribution is 2.28. The molecule has 2 aromatic rings. The molecule has 1 aromatic heterocycles. The van der Waals surface area contributed by atoms with Gasteiger partial charge in [0, 0.05) is 5.70 Å². The number of carbonyl (C=O) groups is 1. The molecule has 0 radical (unpaired) electrons. The number of nitrogens with one attached hydrogen (secondary N) is 1. The number of amides is 1. The van der Waals surface area contributed by atoms with Crippen molar-refractivity contribution >= 4 is 17.0 Å². The number of piperidine rings is 1. The molecule has 3 rings (SSSR count). The highest BCUT2D eigenvalue weighted by atomic mass is 16.3. The number of carbonyl (C=O) groups excluding carboxylic acids is 1. The molecule has 1 aliphatic rings. The topological polar surface area (TPSA) is 55.1 Å². The maximum Gasteiger partial charge on any atom is 0.231 e. The van der Waals surface area contributed by atoms with Crippen molar-refractivity contribution in [2.75, 3.05) is 0 Å². The van der Waals surface area contributed by atoms with Crippen molar-refractivity contribution in [1.29, 1.82) is 0 Å². The molecule has 0 saturated carbocycles. The number of allylic oxidation sites excluding steroid dienone is 1. The van der Waals surface area contributed by atoms with Gasteiger partial charge >= 0.3 is 0 Å². The Morgan fingerprint density at radius 2 is 2.35 bits per heavy atom. The van der Waals surface area contributed by atoms with Gasteiger partial charge in [0.1, 0.15) is 5.52 Å². The van der Waals surface area contributed by atoms with Gasteiger partial charge in [0.15, 0.2) is 12.0 Å². The van der Waals surface area contributed by atoms with Gasteiger partial charge < -0.3 is 9.73 Å². The number of rotatable bonds is 1. The first-order valence-corrected chi connectivity index (χ1v) is 5.56. The van der Waals surface area contributed by atoms with Crippen LogP contribution in [0.1, 0.15) is 24.3 Å². The number of fused-ring (bicyclic) bond motifs is 1. The zero-order valence-electron chi connectivity index (χ0n) is 9.27. The Hall–Kier alpha value is -2.10. The van der Waals surface area contributed by atoms with E-state index in [1.165, 1.54) is 6.39 Å². The Kier molecular flexibility index (Phi) is 2.21. The summed E-state index contributed by atoms with van der Waals surface area (Å²) in [5, 5.41) is 2.79. The summed E-state index contributed by atoms with van der Waals surface area (Å²) in [7, 11) is 0. The first kappa shape index (κ1) is 10.1. The highest BCUT2D eigenvalue weighted by molar-refractivity contribution is 5.87. The molecule has 1 unspecified atom stereocenters. The van der Waals surface area contributed by atoms with Crippen LogP contribution in [0.2, 0.25) is 0 Å². The number of hydrogen-bond acceptors (Lipinski definition) is 3. The summed E-state index contributed by atoms with van der Waals surface area (Å²) >= 11 is 0. The quantitative estimate of drug-likeness (QED) is 0.815. The average molecular weight is 228 g/mol. The van der Waals surface area contributed by atoms with Gasteiger partial charge in [-0.15, -0.1) is 0 Å². The van der Waals surface area contributed by atoms with Crippen LogP contribution >= 0.6 is 0 Å². The predicted octanol–water partition coefficient (Wildman–Crippen LogP) is 2.34. The minimum absolute atomic E-state index is 0.0177. The van der Waals surface area contributed by atoms with Crippen LogP contribution in [0.4, 0.5) is 0 Å². The zero-order valence-corrected chi connectivity index (χ0v) is 9.27. The monoisotopic (exact) mass is 228 g/mol. The van der Waals surface area contributed by atoms with Crippen LogP contribution in [0, 0.1) is 0 Å². The third kappa shape index (κ3) is 1.71. The second-order valence-electron chi connectivity index (χ2n) is 4.26. The summed E-state index contributed by atoms with van der Waals surface area (Å²) in [5.74, 6) is -0.0919. The van der Waals surface area contributed by atoms with Gasteiger partial charge in [-0.2, -0.15) is 0 Å². The van der Waals surface area contributed by atoms with E-state index in [4.69, 9.17) is 4.42 Å². The molecule has 1 saturated heterocycles.